The number of thiocarbonyl (C=S) groups is 1. The summed E-state index contributed by atoms with van der Waals surface area (Å²) in [6.07, 6.45) is 0. The maximum Gasteiger partial charge on any atom is 0.137 e. The molecule has 0 radical (unpaired) electrons. The molecule has 0 aliphatic rings. The topological polar surface area (TPSA) is 47.3 Å². The monoisotopic (exact) mass is 326 g/mol. The lowest BCUT2D eigenvalue weighted by atomic mass is 10.2. The van der Waals surface area contributed by atoms with Gasteiger partial charge in [-0.1, -0.05) is 35.4 Å². The van der Waals surface area contributed by atoms with E-state index in [-0.39, 0.29) is 0 Å². The number of hydrogen-bond donors (Lipinski definition) is 2. The Morgan fingerprint density at radius 2 is 1.90 bits per heavy atom. The van der Waals surface area contributed by atoms with E-state index in [0.29, 0.717) is 20.8 Å². The van der Waals surface area contributed by atoms with Crippen molar-refractivity contribution in [2.45, 2.75) is 0 Å². The number of methoxy groups -OCH3 is 1. The fourth-order valence-electron chi connectivity index (χ4n) is 1.67. The molecular formula is C14H12Cl2N2OS. The lowest BCUT2D eigenvalue weighted by molar-refractivity contribution is 0.415. The van der Waals surface area contributed by atoms with Crippen molar-refractivity contribution >= 4 is 51.8 Å². The first-order valence-electron chi connectivity index (χ1n) is 5.71. The molecule has 0 heterocycles. The summed E-state index contributed by atoms with van der Waals surface area (Å²) >= 11 is 17.2. The number of benzene rings is 2. The van der Waals surface area contributed by atoms with E-state index in [4.69, 9.17) is 45.9 Å². The predicted octanol–water partition coefficient (Wildman–Crippen LogP) is 4.38. The summed E-state index contributed by atoms with van der Waals surface area (Å²) in [6.45, 7) is 0. The molecule has 2 aromatic carbocycles. The molecule has 0 aliphatic heterocycles. The lowest BCUT2D eigenvalue weighted by Crippen LogP contribution is -2.09. The highest BCUT2D eigenvalue weighted by atomic mass is 35.5. The summed E-state index contributed by atoms with van der Waals surface area (Å²) in [7, 11) is 1.57. The van der Waals surface area contributed by atoms with Crippen LogP contribution in [0.5, 0.6) is 5.75 Å². The van der Waals surface area contributed by atoms with E-state index < -0.39 is 0 Å². The molecule has 3 N–H and O–H groups in total. The Balaban J connectivity index is 2.26. The van der Waals surface area contributed by atoms with Crippen molar-refractivity contribution in [2.75, 3.05) is 12.4 Å². The second kappa shape index (κ2) is 6.31. The molecule has 0 bridgehead atoms. The van der Waals surface area contributed by atoms with Crippen molar-refractivity contribution in [3.05, 3.63) is 52.0 Å². The second-order valence-corrected chi connectivity index (χ2v) is 5.29. The van der Waals surface area contributed by atoms with E-state index in [1.165, 1.54) is 0 Å². The molecule has 20 heavy (non-hydrogen) atoms. The van der Waals surface area contributed by atoms with Crippen molar-refractivity contribution in [3.63, 3.8) is 0 Å². The van der Waals surface area contributed by atoms with Crippen LogP contribution in [0.2, 0.25) is 10.0 Å². The molecule has 2 aromatic rings. The molecule has 3 nitrogen and oxygen atoms in total. The lowest BCUT2D eigenvalue weighted by Gasteiger charge is -2.11. The van der Waals surface area contributed by atoms with Gasteiger partial charge in [-0.25, -0.2) is 0 Å². The van der Waals surface area contributed by atoms with Crippen LogP contribution < -0.4 is 15.8 Å². The molecule has 0 saturated heterocycles. The van der Waals surface area contributed by atoms with E-state index in [1.807, 2.05) is 18.2 Å². The van der Waals surface area contributed by atoms with Gasteiger partial charge < -0.3 is 15.8 Å². The third-order valence-electron chi connectivity index (χ3n) is 2.68. The average Bonchev–Trinajstić information content (AvgIpc) is 2.41. The minimum atomic E-state index is 0.311. The molecule has 0 unspecified atom stereocenters. The van der Waals surface area contributed by atoms with Crippen molar-refractivity contribution in [2.24, 2.45) is 5.73 Å². The van der Waals surface area contributed by atoms with Crippen LogP contribution in [0.25, 0.3) is 0 Å². The molecule has 0 aliphatic carbocycles. The standard InChI is InChI=1S/C14H12Cl2N2OS/c1-19-13-5-3-9(7-11(13)16)18-12-4-2-8(14(17)20)6-10(12)15/h2-7,18H,1H3,(H2,17,20). The largest absolute Gasteiger partial charge is 0.495 e. The van der Waals surface area contributed by atoms with Crippen LogP contribution >= 0.6 is 35.4 Å². The molecule has 0 atom stereocenters. The van der Waals surface area contributed by atoms with Crippen LogP contribution in [0.15, 0.2) is 36.4 Å². The molecule has 6 heteroatoms. The zero-order valence-corrected chi connectivity index (χ0v) is 12.9. The quantitative estimate of drug-likeness (QED) is 0.818. The van der Waals surface area contributed by atoms with E-state index in [0.717, 1.165) is 16.9 Å². The van der Waals surface area contributed by atoms with Gasteiger partial charge in [0.15, 0.2) is 0 Å². The molecule has 0 aromatic heterocycles. The first-order chi connectivity index (χ1) is 9.51. The maximum absolute atomic E-state index is 6.19. The highest BCUT2D eigenvalue weighted by molar-refractivity contribution is 7.80. The molecule has 104 valence electrons. The van der Waals surface area contributed by atoms with Crippen LogP contribution in [-0.4, -0.2) is 12.1 Å². The van der Waals surface area contributed by atoms with Crippen LogP contribution in [-0.2, 0) is 0 Å². The average molecular weight is 327 g/mol. The molecule has 2 rings (SSSR count). The summed E-state index contributed by atoms with van der Waals surface area (Å²) in [5.41, 5.74) is 7.83. The van der Waals surface area contributed by atoms with Crippen LogP contribution in [0.4, 0.5) is 11.4 Å². The summed E-state index contributed by atoms with van der Waals surface area (Å²) in [5.74, 6) is 0.618. The maximum atomic E-state index is 6.19. The van der Waals surface area contributed by atoms with E-state index in [9.17, 15) is 0 Å². The normalized spacial score (nSPS) is 10.2. The van der Waals surface area contributed by atoms with E-state index in [1.54, 1.807) is 25.3 Å². The van der Waals surface area contributed by atoms with Gasteiger partial charge in [0.25, 0.3) is 0 Å². The summed E-state index contributed by atoms with van der Waals surface area (Å²) in [5, 5.41) is 4.23. The Labute approximate surface area is 132 Å². The fourth-order valence-corrected chi connectivity index (χ4v) is 2.28. The van der Waals surface area contributed by atoms with Crippen molar-refractivity contribution in [3.8, 4) is 5.75 Å². The highest BCUT2D eigenvalue weighted by Crippen LogP contribution is 2.31. The molecular weight excluding hydrogens is 315 g/mol. The zero-order chi connectivity index (χ0) is 14.7. The molecule has 0 saturated carbocycles. The number of hydrogen-bond acceptors (Lipinski definition) is 3. The smallest absolute Gasteiger partial charge is 0.137 e. The molecule has 0 amide bonds. The number of nitrogens with one attached hydrogen (secondary N) is 1. The Hall–Kier alpha value is -1.49. The third kappa shape index (κ3) is 3.33. The van der Waals surface area contributed by atoms with Gasteiger partial charge in [0.05, 0.1) is 22.8 Å². The first kappa shape index (κ1) is 14.9. The van der Waals surface area contributed by atoms with Gasteiger partial charge in [-0.2, -0.15) is 0 Å². The van der Waals surface area contributed by atoms with E-state index >= 15 is 0 Å². The van der Waals surface area contributed by atoms with Crippen LogP contribution in [0, 0.1) is 0 Å². The van der Waals surface area contributed by atoms with Crippen molar-refractivity contribution in [1.82, 2.24) is 0 Å². The van der Waals surface area contributed by atoms with E-state index in [2.05, 4.69) is 5.32 Å². The SMILES string of the molecule is COc1ccc(Nc2ccc(C(N)=S)cc2Cl)cc1Cl. The highest BCUT2D eigenvalue weighted by Gasteiger charge is 2.06. The summed E-state index contributed by atoms with van der Waals surface area (Å²) < 4.78 is 5.10. The van der Waals surface area contributed by atoms with Crippen molar-refractivity contribution in [1.29, 1.82) is 0 Å². The Morgan fingerprint density at radius 3 is 2.45 bits per heavy atom. The Morgan fingerprint density at radius 1 is 1.15 bits per heavy atom. The van der Waals surface area contributed by atoms with Gasteiger partial charge >= 0.3 is 0 Å². The number of halogens is 2. The third-order valence-corrected chi connectivity index (χ3v) is 3.53. The second-order valence-electron chi connectivity index (χ2n) is 4.03. The van der Waals surface area contributed by atoms with Gasteiger partial charge in [-0.15, -0.1) is 0 Å². The first-order valence-corrected chi connectivity index (χ1v) is 6.87. The number of anilines is 2. The van der Waals surface area contributed by atoms with Gasteiger partial charge in [0.1, 0.15) is 10.7 Å². The Kier molecular flexibility index (Phi) is 4.70. The van der Waals surface area contributed by atoms with Crippen LogP contribution in [0.1, 0.15) is 5.56 Å². The number of ether oxygens (including phenoxy) is 1. The predicted molar refractivity (Wildman–Crippen MR) is 88.6 cm³/mol. The molecule has 0 fully saturated rings. The summed E-state index contributed by atoms with van der Waals surface area (Å²) in [6, 6.07) is 10.7. The fraction of sp³-hybridized carbons (Fsp3) is 0.0714. The van der Waals surface area contributed by atoms with Gasteiger partial charge in [-0.3, -0.25) is 0 Å². The van der Waals surface area contributed by atoms with Gasteiger partial charge in [-0.05, 0) is 36.4 Å². The Bertz CT molecular complexity index is 662. The van der Waals surface area contributed by atoms with Crippen LogP contribution in [0.3, 0.4) is 0 Å². The van der Waals surface area contributed by atoms with Gasteiger partial charge in [0, 0.05) is 11.3 Å². The minimum Gasteiger partial charge on any atom is -0.495 e. The number of rotatable bonds is 4. The summed E-state index contributed by atoms with van der Waals surface area (Å²) in [4.78, 5) is 0.311. The minimum absolute atomic E-state index is 0.311. The molecule has 0 spiro atoms. The zero-order valence-electron chi connectivity index (χ0n) is 10.6. The van der Waals surface area contributed by atoms with Gasteiger partial charge in [0.2, 0.25) is 0 Å². The number of nitrogens with two attached hydrogens (primary N) is 1. The van der Waals surface area contributed by atoms with Crippen molar-refractivity contribution < 1.29 is 4.74 Å².